The Bertz CT molecular complexity index is 763. The van der Waals surface area contributed by atoms with Crippen LogP contribution >= 0.6 is 11.3 Å². The molecule has 1 unspecified atom stereocenters. The summed E-state index contributed by atoms with van der Waals surface area (Å²) in [5.74, 6) is -0.168. The highest BCUT2D eigenvalue weighted by Gasteiger charge is 2.18. The molecule has 0 saturated heterocycles. The molecule has 0 saturated carbocycles. The molecule has 3 aromatic heterocycles. The minimum absolute atomic E-state index is 0.0657. The Kier molecular flexibility index (Phi) is 3.70. The van der Waals surface area contributed by atoms with Gasteiger partial charge in [0.2, 0.25) is 0 Å². The number of amides is 1. The fourth-order valence-corrected chi connectivity index (χ4v) is 2.97. The van der Waals surface area contributed by atoms with E-state index in [0.29, 0.717) is 5.69 Å². The van der Waals surface area contributed by atoms with E-state index >= 15 is 0 Å². The monoisotopic (exact) mass is 300 g/mol. The van der Waals surface area contributed by atoms with Crippen molar-refractivity contribution in [2.75, 3.05) is 0 Å². The zero-order valence-electron chi connectivity index (χ0n) is 11.9. The molecule has 0 radical (unpaired) electrons. The van der Waals surface area contributed by atoms with Crippen LogP contribution in [0, 0.1) is 6.92 Å². The Morgan fingerprint density at radius 2 is 2.33 bits per heavy atom. The number of hydrogen-bond acceptors (Lipinski definition) is 4. The zero-order chi connectivity index (χ0) is 14.8. The molecule has 1 N–H and O–H groups in total. The van der Waals surface area contributed by atoms with Crippen LogP contribution < -0.4 is 5.32 Å². The highest BCUT2D eigenvalue weighted by molar-refractivity contribution is 7.09. The van der Waals surface area contributed by atoms with Crippen molar-refractivity contribution in [1.82, 2.24) is 19.9 Å². The summed E-state index contributed by atoms with van der Waals surface area (Å²) < 4.78 is 1.71. The number of rotatable bonds is 4. The van der Waals surface area contributed by atoms with Crippen molar-refractivity contribution in [2.24, 2.45) is 0 Å². The minimum atomic E-state index is -0.168. The molecule has 0 bridgehead atoms. The summed E-state index contributed by atoms with van der Waals surface area (Å²) in [5, 5.41) is 10.1. The molecule has 0 aliphatic rings. The van der Waals surface area contributed by atoms with Crippen molar-refractivity contribution in [3.8, 4) is 0 Å². The Morgan fingerprint density at radius 3 is 3.05 bits per heavy atom. The molecule has 6 heteroatoms. The maximum Gasteiger partial charge on any atom is 0.272 e. The summed E-state index contributed by atoms with van der Waals surface area (Å²) in [4.78, 5) is 16.6. The number of aromatic nitrogens is 3. The normalized spacial score (nSPS) is 12.5. The van der Waals surface area contributed by atoms with Crippen molar-refractivity contribution < 1.29 is 4.79 Å². The minimum Gasteiger partial charge on any atom is -0.341 e. The molecular formula is C15H16N4OS. The van der Waals surface area contributed by atoms with Crippen LogP contribution in [-0.2, 0) is 0 Å². The van der Waals surface area contributed by atoms with Crippen molar-refractivity contribution in [2.45, 2.75) is 26.3 Å². The second-order valence-electron chi connectivity index (χ2n) is 4.91. The standard InChI is InChI=1S/C15H16N4OS/c1-3-12(15-16-5-7-21-15)17-14(20)13-9-11-8-10(2)4-6-19(11)18-13/h4-9,12H,3H2,1-2H3,(H,17,20). The number of carbonyl (C=O) groups excluding carboxylic acids is 1. The van der Waals surface area contributed by atoms with Gasteiger partial charge in [0.25, 0.3) is 5.91 Å². The number of fused-ring (bicyclic) bond motifs is 1. The molecule has 1 amide bonds. The van der Waals surface area contributed by atoms with E-state index < -0.39 is 0 Å². The van der Waals surface area contributed by atoms with E-state index in [0.717, 1.165) is 22.5 Å². The molecule has 0 fully saturated rings. The predicted octanol–water partition coefficient (Wildman–Crippen LogP) is 2.98. The first-order valence-electron chi connectivity index (χ1n) is 6.83. The highest BCUT2D eigenvalue weighted by atomic mass is 32.1. The van der Waals surface area contributed by atoms with Gasteiger partial charge in [0.1, 0.15) is 5.01 Å². The second-order valence-corrected chi connectivity index (χ2v) is 5.83. The number of hydrogen-bond donors (Lipinski definition) is 1. The third-order valence-electron chi connectivity index (χ3n) is 3.31. The summed E-state index contributed by atoms with van der Waals surface area (Å²) in [5.41, 5.74) is 2.49. The van der Waals surface area contributed by atoms with Gasteiger partial charge in [0.15, 0.2) is 5.69 Å². The molecule has 0 spiro atoms. The van der Waals surface area contributed by atoms with E-state index in [4.69, 9.17) is 0 Å². The molecule has 0 aliphatic carbocycles. The van der Waals surface area contributed by atoms with Gasteiger partial charge in [-0.25, -0.2) is 9.50 Å². The molecule has 1 atom stereocenters. The Hall–Kier alpha value is -2.21. The molecule has 3 heterocycles. The van der Waals surface area contributed by atoms with E-state index in [9.17, 15) is 4.79 Å². The maximum atomic E-state index is 12.4. The van der Waals surface area contributed by atoms with Crippen LogP contribution in [0.4, 0.5) is 0 Å². The maximum absolute atomic E-state index is 12.4. The van der Waals surface area contributed by atoms with Gasteiger partial charge in [0.05, 0.1) is 11.6 Å². The molecule has 3 aromatic rings. The summed E-state index contributed by atoms with van der Waals surface area (Å²) in [7, 11) is 0. The number of nitrogens with one attached hydrogen (secondary N) is 1. The van der Waals surface area contributed by atoms with Crippen molar-refractivity contribution in [3.63, 3.8) is 0 Å². The van der Waals surface area contributed by atoms with Crippen LogP contribution in [-0.4, -0.2) is 20.5 Å². The van der Waals surface area contributed by atoms with E-state index in [1.807, 2.05) is 37.6 Å². The molecule has 108 valence electrons. The van der Waals surface area contributed by atoms with Gasteiger partial charge in [0, 0.05) is 17.8 Å². The molecular weight excluding hydrogens is 284 g/mol. The lowest BCUT2D eigenvalue weighted by Gasteiger charge is -2.13. The summed E-state index contributed by atoms with van der Waals surface area (Å²) in [6.07, 6.45) is 4.41. The van der Waals surface area contributed by atoms with Gasteiger partial charge in [-0.05, 0) is 37.1 Å². The fourth-order valence-electron chi connectivity index (χ4n) is 2.19. The van der Waals surface area contributed by atoms with Gasteiger partial charge in [-0.2, -0.15) is 5.10 Å². The average molecular weight is 300 g/mol. The quantitative estimate of drug-likeness (QED) is 0.806. The smallest absolute Gasteiger partial charge is 0.272 e. The summed E-state index contributed by atoms with van der Waals surface area (Å²) in [6.45, 7) is 4.04. The molecule has 0 aliphatic heterocycles. The van der Waals surface area contributed by atoms with Crippen LogP contribution in [0.1, 0.15) is 40.4 Å². The number of pyridine rings is 1. The number of carbonyl (C=O) groups is 1. The lowest BCUT2D eigenvalue weighted by Crippen LogP contribution is -2.28. The number of nitrogens with zero attached hydrogens (tertiary/aromatic N) is 3. The second kappa shape index (κ2) is 5.65. The van der Waals surface area contributed by atoms with E-state index in [2.05, 4.69) is 15.4 Å². The predicted molar refractivity (Wildman–Crippen MR) is 82.5 cm³/mol. The average Bonchev–Trinajstić information content (AvgIpc) is 3.12. The summed E-state index contributed by atoms with van der Waals surface area (Å²) in [6, 6.07) is 5.70. The Morgan fingerprint density at radius 1 is 1.48 bits per heavy atom. The van der Waals surface area contributed by atoms with E-state index in [1.54, 1.807) is 28.1 Å². The van der Waals surface area contributed by atoms with Crippen LogP contribution in [0.5, 0.6) is 0 Å². The van der Waals surface area contributed by atoms with Crippen LogP contribution in [0.15, 0.2) is 36.0 Å². The third-order valence-corrected chi connectivity index (χ3v) is 4.20. The first-order chi connectivity index (χ1) is 10.2. The largest absolute Gasteiger partial charge is 0.341 e. The summed E-state index contributed by atoms with van der Waals surface area (Å²) >= 11 is 1.55. The first kappa shape index (κ1) is 13.8. The molecule has 3 rings (SSSR count). The van der Waals surface area contributed by atoms with Gasteiger partial charge < -0.3 is 5.32 Å². The molecule has 21 heavy (non-hydrogen) atoms. The third kappa shape index (κ3) is 2.80. The van der Waals surface area contributed by atoms with E-state index in [1.165, 1.54) is 0 Å². The Balaban J connectivity index is 1.83. The topological polar surface area (TPSA) is 59.3 Å². The van der Waals surface area contributed by atoms with Crippen LogP contribution in [0.2, 0.25) is 0 Å². The SMILES string of the molecule is CCC(NC(=O)c1cc2cc(C)ccn2n1)c1nccs1. The fraction of sp³-hybridized carbons (Fsp3) is 0.267. The zero-order valence-corrected chi connectivity index (χ0v) is 12.7. The van der Waals surface area contributed by atoms with Crippen LogP contribution in [0.3, 0.4) is 0 Å². The van der Waals surface area contributed by atoms with Crippen LogP contribution in [0.25, 0.3) is 5.52 Å². The highest BCUT2D eigenvalue weighted by Crippen LogP contribution is 2.19. The van der Waals surface area contributed by atoms with E-state index in [-0.39, 0.29) is 11.9 Å². The number of thiazole rings is 1. The van der Waals surface area contributed by atoms with Gasteiger partial charge in [-0.3, -0.25) is 4.79 Å². The van der Waals surface area contributed by atoms with Gasteiger partial charge in [-0.1, -0.05) is 6.92 Å². The molecule has 5 nitrogen and oxygen atoms in total. The van der Waals surface area contributed by atoms with Crippen molar-refractivity contribution in [3.05, 3.63) is 52.2 Å². The lowest BCUT2D eigenvalue weighted by atomic mass is 10.2. The van der Waals surface area contributed by atoms with Crippen molar-refractivity contribution >= 4 is 22.8 Å². The van der Waals surface area contributed by atoms with Gasteiger partial charge in [-0.15, -0.1) is 11.3 Å². The number of aryl methyl sites for hydroxylation is 1. The van der Waals surface area contributed by atoms with Crippen molar-refractivity contribution in [1.29, 1.82) is 0 Å². The Labute approximate surface area is 126 Å². The molecule has 0 aromatic carbocycles. The first-order valence-corrected chi connectivity index (χ1v) is 7.71. The van der Waals surface area contributed by atoms with Gasteiger partial charge >= 0.3 is 0 Å². The lowest BCUT2D eigenvalue weighted by molar-refractivity contribution is 0.0930.